The summed E-state index contributed by atoms with van der Waals surface area (Å²) >= 11 is 0. The molecule has 5 nitrogen and oxygen atoms in total. The molecule has 0 bridgehead atoms. The van der Waals surface area contributed by atoms with E-state index in [4.69, 9.17) is 9.84 Å². The second-order valence-electron chi connectivity index (χ2n) is 3.71. The molecule has 0 saturated carbocycles. The van der Waals surface area contributed by atoms with E-state index in [0.29, 0.717) is 0 Å². The Bertz CT molecular complexity index is 380. The molecular formula is C12H18N2O3. The van der Waals surface area contributed by atoms with Crippen LogP contribution < -0.4 is 15.4 Å². The van der Waals surface area contributed by atoms with Gasteiger partial charge >= 0.3 is 6.03 Å². The number of aliphatic hydroxyl groups is 1. The molecule has 2 amide bonds. The number of aryl methyl sites for hydroxylation is 2. The highest BCUT2D eigenvalue weighted by Gasteiger charge is 2.01. The molecule has 0 unspecified atom stereocenters. The first kappa shape index (κ1) is 13.3. The lowest BCUT2D eigenvalue weighted by molar-refractivity contribution is 0.219. The van der Waals surface area contributed by atoms with Gasteiger partial charge in [-0.1, -0.05) is 17.7 Å². The molecule has 0 radical (unpaired) electrons. The highest BCUT2D eigenvalue weighted by molar-refractivity contribution is 5.73. The monoisotopic (exact) mass is 238 g/mol. The minimum absolute atomic E-state index is 0.0780. The van der Waals surface area contributed by atoms with E-state index in [-0.39, 0.29) is 25.9 Å². The van der Waals surface area contributed by atoms with Crippen molar-refractivity contribution in [3.8, 4) is 5.75 Å². The van der Waals surface area contributed by atoms with Crippen molar-refractivity contribution in [2.45, 2.75) is 13.8 Å². The number of ether oxygens (including phenoxy) is 1. The van der Waals surface area contributed by atoms with Gasteiger partial charge in [-0.2, -0.15) is 0 Å². The Kier molecular flexibility index (Phi) is 5.29. The molecule has 1 rings (SSSR count). The van der Waals surface area contributed by atoms with Gasteiger partial charge in [0.25, 0.3) is 0 Å². The van der Waals surface area contributed by atoms with Gasteiger partial charge in [0.1, 0.15) is 5.75 Å². The maximum atomic E-state index is 11.1. The Morgan fingerprint density at radius 1 is 1.35 bits per heavy atom. The van der Waals surface area contributed by atoms with Crippen LogP contribution in [0.25, 0.3) is 0 Å². The molecular weight excluding hydrogens is 220 g/mol. The fourth-order valence-electron chi connectivity index (χ4n) is 1.37. The summed E-state index contributed by atoms with van der Waals surface area (Å²) in [6.45, 7) is 4.22. The van der Waals surface area contributed by atoms with Crippen molar-refractivity contribution in [3.63, 3.8) is 0 Å². The van der Waals surface area contributed by atoms with Crippen LogP contribution in [0.1, 0.15) is 11.1 Å². The third-order valence-electron chi connectivity index (χ3n) is 2.19. The zero-order valence-electron chi connectivity index (χ0n) is 10.1. The van der Waals surface area contributed by atoms with Crippen molar-refractivity contribution in [3.05, 3.63) is 29.3 Å². The number of carbonyl (C=O) groups excluding carboxylic acids is 1. The fourth-order valence-corrected chi connectivity index (χ4v) is 1.37. The second-order valence-corrected chi connectivity index (χ2v) is 3.71. The predicted octanol–water partition coefficient (Wildman–Crippen LogP) is 0.931. The third-order valence-corrected chi connectivity index (χ3v) is 2.19. The number of hydrogen-bond acceptors (Lipinski definition) is 3. The average molecular weight is 238 g/mol. The lowest BCUT2D eigenvalue weighted by atomic mass is 10.1. The molecule has 1 aromatic rings. The minimum atomic E-state index is -0.358. The SMILES string of the molecule is Cc1ccc(OCNC(=O)NCCO)c(C)c1. The normalized spacial score (nSPS) is 9.82. The van der Waals surface area contributed by atoms with Crippen LogP contribution in [0, 0.1) is 13.8 Å². The van der Waals surface area contributed by atoms with E-state index in [2.05, 4.69) is 10.6 Å². The molecule has 3 N–H and O–H groups in total. The standard InChI is InChI=1S/C12H18N2O3/c1-9-3-4-11(10(2)7-9)17-8-14-12(16)13-5-6-15/h3-4,7,15H,5-6,8H2,1-2H3,(H2,13,14,16). The maximum absolute atomic E-state index is 11.1. The van der Waals surface area contributed by atoms with Crippen LogP contribution in [-0.2, 0) is 0 Å². The van der Waals surface area contributed by atoms with Gasteiger partial charge < -0.3 is 20.5 Å². The van der Waals surface area contributed by atoms with E-state index >= 15 is 0 Å². The number of rotatable bonds is 5. The predicted molar refractivity (Wildman–Crippen MR) is 65.0 cm³/mol. The second kappa shape index (κ2) is 6.75. The van der Waals surface area contributed by atoms with Gasteiger partial charge in [-0.05, 0) is 25.5 Å². The Hall–Kier alpha value is -1.75. The molecule has 0 aromatic heterocycles. The largest absolute Gasteiger partial charge is 0.473 e. The van der Waals surface area contributed by atoms with Crippen LogP contribution in [0.2, 0.25) is 0 Å². The zero-order chi connectivity index (χ0) is 12.7. The van der Waals surface area contributed by atoms with E-state index in [1.54, 1.807) is 0 Å². The van der Waals surface area contributed by atoms with E-state index in [1.807, 2.05) is 32.0 Å². The number of hydrogen-bond donors (Lipinski definition) is 3. The molecule has 0 atom stereocenters. The molecule has 94 valence electrons. The van der Waals surface area contributed by atoms with Crippen LogP contribution in [-0.4, -0.2) is 31.0 Å². The summed E-state index contributed by atoms with van der Waals surface area (Å²) in [7, 11) is 0. The van der Waals surface area contributed by atoms with E-state index in [0.717, 1.165) is 11.3 Å². The molecule has 0 aliphatic carbocycles. The first-order valence-electron chi connectivity index (χ1n) is 5.46. The fraction of sp³-hybridized carbons (Fsp3) is 0.417. The van der Waals surface area contributed by atoms with Crippen molar-refractivity contribution in [2.24, 2.45) is 0 Å². The Balaban J connectivity index is 2.33. The number of urea groups is 1. The summed E-state index contributed by atoms with van der Waals surface area (Å²) in [5.74, 6) is 0.748. The molecule has 5 heteroatoms. The highest BCUT2D eigenvalue weighted by atomic mass is 16.5. The Morgan fingerprint density at radius 2 is 2.12 bits per heavy atom. The van der Waals surface area contributed by atoms with Crippen LogP contribution in [0.4, 0.5) is 4.79 Å². The first-order valence-corrected chi connectivity index (χ1v) is 5.46. The van der Waals surface area contributed by atoms with Gasteiger partial charge in [0, 0.05) is 6.54 Å². The summed E-state index contributed by atoms with van der Waals surface area (Å²) in [4.78, 5) is 11.1. The lowest BCUT2D eigenvalue weighted by Crippen LogP contribution is -2.38. The smallest absolute Gasteiger partial charge is 0.317 e. The summed E-state index contributed by atoms with van der Waals surface area (Å²) in [6, 6.07) is 5.48. The Morgan fingerprint density at radius 3 is 2.76 bits per heavy atom. The number of amides is 2. The molecule has 0 saturated heterocycles. The van der Waals surface area contributed by atoms with Gasteiger partial charge in [-0.15, -0.1) is 0 Å². The summed E-state index contributed by atoms with van der Waals surface area (Å²) in [5, 5.41) is 13.5. The molecule has 0 heterocycles. The third kappa shape index (κ3) is 4.74. The number of benzene rings is 1. The van der Waals surface area contributed by atoms with Crippen LogP contribution in [0.3, 0.4) is 0 Å². The quantitative estimate of drug-likeness (QED) is 0.668. The maximum Gasteiger partial charge on any atom is 0.317 e. The van der Waals surface area contributed by atoms with E-state index in [1.165, 1.54) is 5.56 Å². The van der Waals surface area contributed by atoms with Crippen LogP contribution in [0.15, 0.2) is 18.2 Å². The summed E-state index contributed by atoms with van der Waals surface area (Å²) in [6.07, 6.45) is 0. The number of nitrogens with one attached hydrogen (secondary N) is 2. The topological polar surface area (TPSA) is 70.6 Å². The van der Waals surface area contributed by atoms with Crippen molar-refractivity contribution in [1.82, 2.24) is 10.6 Å². The van der Waals surface area contributed by atoms with Crippen LogP contribution >= 0.6 is 0 Å². The Labute approximate surface area is 101 Å². The van der Waals surface area contributed by atoms with Crippen molar-refractivity contribution >= 4 is 6.03 Å². The van der Waals surface area contributed by atoms with Crippen molar-refractivity contribution < 1.29 is 14.6 Å². The number of carbonyl (C=O) groups is 1. The van der Waals surface area contributed by atoms with Gasteiger partial charge in [0.05, 0.1) is 6.61 Å². The van der Waals surface area contributed by atoms with Gasteiger partial charge in [-0.25, -0.2) is 4.79 Å². The molecule has 0 spiro atoms. The highest BCUT2D eigenvalue weighted by Crippen LogP contribution is 2.17. The molecule has 1 aromatic carbocycles. The first-order chi connectivity index (χ1) is 8.13. The van der Waals surface area contributed by atoms with Crippen molar-refractivity contribution in [1.29, 1.82) is 0 Å². The lowest BCUT2D eigenvalue weighted by Gasteiger charge is -2.11. The summed E-state index contributed by atoms with van der Waals surface area (Å²) < 4.78 is 5.41. The molecule has 0 fully saturated rings. The van der Waals surface area contributed by atoms with E-state index in [9.17, 15) is 4.79 Å². The van der Waals surface area contributed by atoms with Crippen molar-refractivity contribution in [2.75, 3.05) is 19.9 Å². The average Bonchev–Trinajstić information content (AvgIpc) is 2.29. The van der Waals surface area contributed by atoms with Crippen LogP contribution in [0.5, 0.6) is 5.75 Å². The number of aliphatic hydroxyl groups excluding tert-OH is 1. The zero-order valence-corrected chi connectivity index (χ0v) is 10.1. The van der Waals surface area contributed by atoms with Gasteiger partial charge in [0.2, 0.25) is 0 Å². The molecule has 0 aliphatic heterocycles. The van der Waals surface area contributed by atoms with Gasteiger partial charge in [0.15, 0.2) is 6.73 Å². The molecule has 0 aliphatic rings. The van der Waals surface area contributed by atoms with Gasteiger partial charge in [-0.3, -0.25) is 0 Å². The molecule has 17 heavy (non-hydrogen) atoms. The summed E-state index contributed by atoms with van der Waals surface area (Å²) in [5.41, 5.74) is 2.20. The van der Waals surface area contributed by atoms with E-state index < -0.39 is 0 Å². The minimum Gasteiger partial charge on any atom is -0.473 e.